The number of benzene rings is 1. The van der Waals surface area contributed by atoms with Crippen molar-refractivity contribution >= 4 is 0 Å². The first kappa shape index (κ1) is 17.6. The molecule has 0 bridgehead atoms. The van der Waals surface area contributed by atoms with Crippen LogP contribution in [0.1, 0.15) is 57.7 Å². The fraction of sp³-hybridized carbons (Fsp3) is 0.588. The van der Waals surface area contributed by atoms with Crippen molar-refractivity contribution in [2.75, 3.05) is 6.54 Å². The first-order valence-corrected chi connectivity index (χ1v) is 7.40. The van der Waals surface area contributed by atoms with Crippen molar-refractivity contribution in [3.63, 3.8) is 0 Å². The molecule has 2 unspecified atom stereocenters. The normalized spacial score (nSPS) is 15.5. The van der Waals surface area contributed by atoms with E-state index in [1.807, 2.05) is 13.0 Å². The Morgan fingerprint density at radius 3 is 2.57 bits per heavy atom. The predicted octanol–water partition coefficient (Wildman–Crippen LogP) is 3.54. The van der Waals surface area contributed by atoms with Gasteiger partial charge in [-0.3, -0.25) is 0 Å². The molecule has 0 radical (unpaired) electrons. The van der Waals surface area contributed by atoms with E-state index in [0.29, 0.717) is 30.0 Å². The lowest BCUT2D eigenvalue weighted by Crippen LogP contribution is -2.39. The molecule has 116 valence electrons. The van der Waals surface area contributed by atoms with E-state index in [-0.39, 0.29) is 6.04 Å². The highest BCUT2D eigenvalue weighted by molar-refractivity contribution is 5.34. The Labute approximate surface area is 126 Å². The molecular formula is C17H25FN2O. The lowest BCUT2D eigenvalue weighted by atomic mass is 9.94. The van der Waals surface area contributed by atoms with Crippen LogP contribution in [0.15, 0.2) is 18.2 Å². The van der Waals surface area contributed by atoms with Crippen molar-refractivity contribution in [1.82, 2.24) is 5.32 Å². The molecule has 3 nitrogen and oxygen atoms in total. The molecule has 1 aromatic rings. The fourth-order valence-electron chi connectivity index (χ4n) is 2.12. The average molecular weight is 292 g/mol. The third-order valence-electron chi connectivity index (χ3n) is 3.65. The third-order valence-corrected chi connectivity index (χ3v) is 3.65. The summed E-state index contributed by atoms with van der Waals surface area (Å²) in [6.07, 6.45) is 1.66. The third kappa shape index (κ3) is 5.82. The minimum Gasteiger partial charge on any atom is -0.389 e. The average Bonchev–Trinajstić information content (AvgIpc) is 2.42. The van der Waals surface area contributed by atoms with Crippen molar-refractivity contribution in [2.45, 2.75) is 52.2 Å². The number of rotatable bonds is 7. The molecule has 1 rings (SSSR count). The second-order valence-corrected chi connectivity index (χ2v) is 6.38. The summed E-state index contributed by atoms with van der Waals surface area (Å²) in [5.74, 6) is 0.153. The molecule has 0 aliphatic heterocycles. The maximum Gasteiger partial charge on any atom is 0.129 e. The highest BCUT2D eigenvalue weighted by Crippen LogP contribution is 2.20. The topological polar surface area (TPSA) is 56.0 Å². The molecule has 0 fully saturated rings. The van der Waals surface area contributed by atoms with E-state index < -0.39 is 11.4 Å². The van der Waals surface area contributed by atoms with Gasteiger partial charge in [0.1, 0.15) is 5.82 Å². The molecule has 1 aromatic carbocycles. The number of hydrogen-bond donors (Lipinski definition) is 2. The van der Waals surface area contributed by atoms with E-state index in [0.717, 1.165) is 6.42 Å². The first-order chi connectivity index (χ1) is 9.75. The summed E-state index contributed by atoms with van der Waals surface area (Å²) in [6.45, 7) is 8.30. The summed E-state index contributed by atoms with van der Waals surface area (Å²) < 4.78 is 13.9. The zero-order chi connectivity index (χ0) is 16.0. The monoisotopic (exact) mass is 292 g/mol. The number of halogens is 1. The molecule has 0 spiro atoms. The number of aliphatic hydroxyl groups is 1. The van der Waals surface area contributed by atoms with Gasteiger partial charge in [0.05, 0.1) is 17.2 Å². The SMILES string of the molecule is CC(C)CCC(C)(O)CNC(C)c1ccc(C#N)cc1F. The van der Waals surface area contributed by atoms with Crippen molar-refractivity contribution in [3.8, 4) is 6.07 Å². The molecule has 21 heavy (non-hydrogen) atoms. The zero-order valence-electron chi connectivity index (χ0n) is 13.3. The molecule has 0 saturated carbocycles. The van der Waals surface area contributed by atoms with Crippen LogP contribution >= 0.6 is 0 Å². The van der Waals surface area contributed by atoms with Gasteiger partial charge in [-0.05, 0) is 44.7 Å². The van der Waals surface area contributed by atoms with E-state index in [2.05, 4.69) is 19.2 Å². The van der Waals surface area contributed by atoms with Gasteiger partial charge in [-0.1, -0.05) is 19.9 Å². The molecule has 0 aliphatic rings. The van der Waals surface area contributed by atoms with Crippen LogP contribution in [0.4, 0.5) is 4.39 Å². The van der Waals surface area contributed by atoms with Crippen molar-refractivity contribution in [3.05, 3.63) is 35.1 Å². The first-order valence-electron chi connectivity index (χ1n) is 7.40. The second kappa shape index (κ2) is 7.53. The Balaban J connectivity index is 2.61. The lowest BCUT2D eigenvalue weighted by Gasteiger charge is -2.27. The van der Waals surface area contributed by atoms with E-state index in [1.54, 1.807) is 19.1 Å². The molecule has 4 heteroatoms. The number of nitrogens with zero attached hydrogens (tertiary/aromatic N) is 1. The quantitative estimate of drug-likeness (QED) is 0.808. The van der Waals surface area contributed by atoms with Crippen molar-refractivity contribution < 1.29 is 9.50 Å². The van der Waals surface area contributed by atoms with Crippen LogP contribution in [0.25, 0.3) is 0 Å². The molecule has 0 heterocycles. The Hall–Kier alpha value is -1.44. The Morgan fingerprint density at radius 2 is 2.05 bits per heavy atom. The molecule has 0 aromatic heterocycles. The lowest BCUT2D eigenvalue weighted by molar-refractivity contribution is 0.0429. The van der Waals surface area contributed by atoms with Crippen LogP contribution in [0.3, 0.4) is 0 Å². The molecule has 0 aliphatic carbocycles. The van der Waals surface area contributed by atoms with Gasteiger partial charge in [-0.15, -0.1) is 0 Å². The van der Waals surface area contributed by atoms with Gasteiger partial charge >= 0.3 is 0 Å². The summed E-state index contributed by atoms with van der Waals surface area (Å²) in [7, 11) is 0. The largest absolute Gasteiger partial charge is 0.389 e. The van der Waals surface area contributed by atoms with Gasteiger partial charge in [0.2, 0.25) is 0 Å². The number of hydrogen-bond acceptors (Lipinski definition) is 3. The van der Waals surface area contributed by atoms with Crippen LogP contribution in [-0.2, 0) is 0 Å². The smallest absolute Gasteiger partial charge is 0.129 e. The summed E-state index contributed by atoms with van der Waals surface area (Å²) >= 11 is 0. The summed E-state index contributed by atoms with van der Waals surface area (Å²) in [4.78, 5) is 0. The maximum atomic E-state index is 13.9. The van der Waals surface area contributed by atoms with Crippen molar-refractivity contribution in [1.29, 1.82) is 5.26 Å². The van der Waals surface area contributed by atoms with Crippen LogP contribution in [0.2, 0.25) is 0 Å². The summed E-state index contributed by atoms with van der Waals surface area (Å²) in [5, 5.41) is 22.2. The Kier molecular flexibility index (Phi) is 6.32. The minimum absolute atomic E-state index is 0.219. The van der Waals surface area contributed by atoms with Gasteiger partial charge in [0.15, 0.2) is 0 Å². The molecular weight excluding hydrogens is 267 g/mol. The van der Waals surface area contributed by atoms with E-state index in [4.69, 9.17) is 5.26 Å². The standard InChI is InChI=1S/C17H25FN2O/c1-12(2)7-8-17(4,21)11-20-13(3)15-6-5-14(10-19)9-16(15)18/h5-6,9,12-13,20-21H,7-8,11H2,1-4H3. The Bertz CT molecular complexity index is 506. The molecule has 2 atom stereocenters. The van der Waals surface area contributed by atoms with Crippen LogP contribution in [0.5, 0.6) is 0 Å². The maximum absolute atomic E-state index is 13.9. The summed E-state index contributed by atoms with van der Waals surface area (Å²) in [5.41, 5.74) is 0.0164. The van der Waals surface area contributed by atoms with E-state index in [1.165, 1.54) is 6.07 Å². The van der Waals surface area contributed by atoms with Crippen molar-refractivity contribution in [2.24, 2.45) is 5.92 Å². The highest BCUT2D eigenvalue weighted by Gasteiger charge is 2.22. The number of nitrogens with one attached hydrogen (secondary N) is 1. The van der Waals surface area contributed by atoms with E-state index >= 15 is 0 Å². The van der Waals surface area contributed by atoms with Gasteiger partial charge in [-0.25, -0.2) is 4.39 Å². The molecule has 0 amide bonds. The summed E-state index contributed by atoms with van der Waals surface area (Å²) in [6, 6.07) is 6.16. The van der Waals surface area contributed by atoms with Gasteiger partial charge in [-0.2, -0.15) is 5.26 Å². The minimum atomic E-state index is -0.804. The molecule has 2 N–H and O–H groups in total. The van der Waals surface area contributed by atoms with Crippen LogP contribution in [-0.4, -0.2) is 17.3 Å². The van der Waals surface area contributed by atoms with Gasteiger partial charge in [0.25, 0.3) is 0 Å². The van der Waals surface area contributed by atoms with Gasteiger partial charge < -0.3 is 10.4 Å². The fourth-order valence-corrected chi connectivity index (χ4v) is 2.12. The van der Waals surface area contributed by atoms with Gasteiger partial charge in [0, 0.05) is 18.2 Å². The van der Waals surface area contributed by atoms with Crippen LogP contribution in [0, 0.1) is 23.1 Å². The van der Waals surface area contributed by atoms with Crippen LogP contribution < -0.4 is 5.32 Å². The predicted molar refractivity (Wildman–Crippen MR) is 82.2 cm³/mol. The highest BCUT2D eigenvalue weighted by atomic mass is 19.1. The second-order valence-electron chi connectivity index (χ2n) is 6.38. The zero-order valence-corrected chi connectivity index (χ0v) is 13.3. The van der Waals surface area contributed by atoms with E-state index in [9.17, 15) is 9.50 Å². The Morgan fingerprint density at radius 1 is 1.38 bits per heavy atom. The number of nitriles is 1. The molecule has 0 saturated heterocycles.